The maximum absolute atomic E-state index is 12.6. The van der Waals surface area contributed by atoms with E-state index in [1.807, 2.05) is 0 Å². The van der Waals surface area contributed by atoms with Crippen molar-refractivity contribution in [3.63, 3.8) is 0 Å². The average molecular weight is 342 g/mol. The fourth-order valence-corrected chi connectivity index (χ4v) is 3.49. The molecule has 0 unspecified atom stereocenters. The summed E-state index contributed by atoms with van der Waals surface area (Å²) >= 11 is 0. The van der Waals surface area contributed by atoms with E-state index in [2.05, 4.69) is 5.32 Å². The predicted molar refractivity (Wildman–Crippen MR) is 89.6 cm³/mol. The first-order valence-corrected chi connectivity index (χ1v) is 8.00. The molecule has 1 aliphatic heterocycles. The number of nitrogens with zero attached hydrogens (tertiary/aromatic N) is 1. The van der Waals surface area contributed by atoms with Gasteiger partial charge in [-0.15, -0.1) is 0 Å². The first kappa shape index (κ1) is 16.9. The third kappa shape index (κ3) is 2.93. The highest BCUT2D eigenvalue weighted by atomic mass is 16.6. The lowest BCUT2D eigenvalue weighted by Crippen LogP contribution is -2.34. The van der Waals surface area contributed by atoms with Gasteiger partial charge in [-0.2, -0.15) is 0 Å². The van der Waals surface area contributed by atoms with Gasteiger partial charge in [0.25, 0.3) is 5.69 Å². The van der Waals surface area contributed by atoms with Crippen LogP contribution in [-0.4, -0.2) is 23.8 Å². The van der Waals surface area contributed by atoms with Gasteiger partial charge in [0.05, 0.1) is 17.6 Å². The molecule has 1 aromatic carbocycles. The zero-order valence-corrected chi connectivity index (χ0v) is 14.0. The zero-order valence-electron chi connectivity index (χ0n) is 14.0. The highest BCUT2D eigenvalue weighted by Crippen LogP contribution is 2.42. The van der Waals surface area contributed by atoms with Gasteiger partial charge >= 0.3 is 5.97 Å². The SMILES string of the molecule is COC(=O)C1=C(C)NC2=C(C(=O)CCC2)[C@H]1c1ccc([N+](=O)[O-])cc1. The van der Waals surface area contributed by atoms with E-state index in [0.29, 0.717) is 28.8 Å². The van der Waals surface area contributed by atoms with Crippen LogP contribution in [0, 0.1) is 10.1 Å². The van der Waals surface area contributed by atoms with E-state index in [9.17, 15) is 19.7 Å². The Bertz CT molecular complexity index is 820. The number of nitro benzene ring substituents is 1. The van der Waals surface area contributed by atoms with Crippen LogP contribution in [0.4, 0.5) is 5.69 Å². The minimum Gasteiger partial charge on any atom is -0.466 e. The molecule has 0 fully saturated rings. The number of ether oxygens (including phenoxy) is 1. The Morgan fingerprint density at radius 2 is 1.96 bits per heavy atom. The number of dihydropyridines is 1. The van der Waals surface area contributed by atoms with Gasteiger partial charge < -0.3 is 10.1 Å². The minimum atomic E-state index is -0.572. The van der Waals surface area contributed by atoms with Gasteiger partial charge in [-0.1, -0.05) is 12.1 Å². The van der Waals surface area contributed by atoms with Gasteiger partial charge in [0.15, 0.2) is 5.78 Å². The van der Waals surface area contributed by atoms with Crippen LogP contribution in [0.25, 0.3) is 0 Å². The molecule has 0 saturated heterocycles. The Balaban J connectivity index is 2.15. The van der Waals surface area contributed by atoms with Crippen molar-refractivity contribution >= 4 is 17.4 Å². The number of esters is 1. The molecule has 1 N–H and O–H groups in total. The third-order valence-electron chi connectivity index (χ3n) is 4.62. The Hall–Kier alpha value is -2.96. The molecular weight excluding hydrogens is 324 g/mol. The lowest BCUT2D eigenvalue weighted by molar-refractivity contribution is -0.384. The number of hydrogen-bond acceptors (Lipinski definition) is 6. The monoisotopic (exact) mass is 342 g/mol. The number of ketones is 1. The molecule has 130 valence electrons. The van der Waals surface area contributed by atoms with Crippen molar-refractivity contribution in [2.75, 3.05) is 7.11 Å². The molecule has 0 radical (unpaired) electrons. The molecule has 0 aromatic heterocycles. The number of nitrogens with one attached hydrogen (secondary N) is 1. The number of benzene rings is 1. The molecular formula is C18H18N2O5. The van der Waals surface area contributed by atoms with Crippen LogP contribution >= 0.6 is 0 Å². The molecule has 1 aromatic rings. The standard InChI is InChI=1S/C18H18N2O5/c1-10-15(18(22)25-2)16(11-6-8-12(9-7-11)20(23)24)17-13(19-10)4-3-5-14(17)21/h6-9,16,19H,3-5H2,1-2H3/t16-/m0/s1. The Labute approximate surface area is 144 Å². The van der Waals surface area contributed by atoms with E-state index in [1.54, 1.807) is 19.1 Å². The van der Waals surface area contributed by atoms with Gasteiger partial charge in [0, 0.05) is 41.4 Å². The summed E-state index contributed by atoms with van der Waals surface area (Å²) in [5.74, 6) is -1.10. The van der Waals surface area contributed by atoms with Crippen LogP contribution < -0.4 is 5.32 Å². The lowest BCUT2D eigenvalue weighted by Gasteiger charge is -2.34. The second-order valence-corrected chi connectivity index (χ2v) is 6.11. The predicted octanol–water partition coefficient (Wildman–Crippen LogP) is 2.74. The van der Waals surface area contributed by atoms with Crippen molar-refractivity contribution in [1.82, 2.24) is 5.32 Å². The Kier molecular flexibility index (Phi) is 4.39. The lowest BCUT2D eigenvalue weighted by atomic mass is 9.75. The largest absolute Gasteiger partial charge is 0.466 e. The first-order chi connectivity index (χ1) is 11.9. The number of methoxy groups -OCH3 is 1. The van der Waals surface area contributed by atoms with Crippen molar-refractivity contribution in [3.8, 4) is 0 Å². The van der Waals surface area contributed by atoms with E-state index in [0.717, 1.165) is 18.5 Å². The molecule has 0 spiro atoms. The summed E-state index contributed by atoms with van der Waals surface area (Å²) in [5, 5.41) is 14.1. The van der Waals surface area contributed by atoms with E-state index < -0.39 is 16.8 Å². The summed E-state index contributed by atoms with van der Waals surface area (Å²) < 4.78 is 4.91. The van der Waals surface area contributed by atoms with E-state index in [4.69, 9.17) is 4.74 Å². The Morgan fingerprint density at radius 3 is 2.56 bits per heavy atom. The quantitative estimate of drug-likeness (QED) is 0.515. The number of carbonyl (C=O) groups is 2. The van der Waals surface area contributed by atoms with Crippen LogP contribution in [0.5, 0.6) is 0 Å². The van der Waals surface area contributed by atoms with E-state index in [-0.39, 0.29) is 11.5 Å². The summed E-state index contributed by atoms with van der Waals surface area (Å²) in [6.07, 6.45) is 1.92. The van der Waals surface area contributed by atoms with Crippen LogP contribution in [-0.2, 0) is 14.3 Å². The minimum absolute atomic E-state index is 0.00833. The third-order valence-corrected chi connectivity index (χ3v) is 4.62. The summed E-state index contributed by atoms with van der Waals surface area (Å²) in [5.41, 5.74) is 3.02. The van der Waals surface area contributed by atoms with Crippen LogP contribution in [0.1, 0.15) is 37.7 Å². The first-order valence-electron chi connectivity index (χ1n) is 8.00. The number of allylic oxidation sites excluding steroid dienone is 3. The molecule has 1 heterocycles. The van der Waals surface area contributed by atoms with Crippen LogP contribution in [0.2, 0.25) is 0 Å². The number of carbonyl (C=O) groups excluding carboxylic acids is 2. The fraction of sp³-hybridized carbons (Fsp3) is 0.333. The second kappa shape index (κ2) is 6.51. The molecule has 2 aliphatic rings. The number of non-ortho nitro benzene ring substituents is 1. The maximum Gasteiger partial charge on any atom is 0.336 e. The molecule has 1 atom stereocenters. The molecule has 0 amide bonds. The van der Waals surface area contributed by atoms with Gasteiger partial charge in [-0.3, -0.25) is 14.9 Å². The van der Waals surface area contributed by atoms with Crippen molar-refractivity contribution in [2.45, 2.75) is 32.1 Å². The van der Waals surface area contributed by atoms with Crippen molar-refractivity contribution in [1.29, 1.82) is 0 Å². The number of rotatable bonds is 3. The highest BCUT2D eigenvalue weighted by molar-refractivity contribution is 6.03. The number of nitro groups is 1. The topological polar surface area (TPSA) is 98.5 Å². The smallest absolute Gasteiger partial charge is 0.336 e. The highest BCUT2D eigenvalue weighted by Gasteiger charge is 2.38. The number of hydrogen-bond donors (Lipinski definition) is 1. The molecule has 25 heavy (non-hydrogen) atoms. The summed E-state index contributed by atoms with van der Waals surface area (Å²) in [7, 11) is 1.29. The Morgan fingerprint density at radius 1 is 1.28 bits per heavy atom. The molecule has 0 saturated carbocycles. The molecule has 7 nitrogen and oxygen atoms in total. The zero-order chi connectivity index (χ0) is 18.1. The van der Waals surface area contributed by atoms with Crippen LogP contribution in [0.15, 0.2) is 46.8 Å². The van der Waals surface area contributed by atoms with Crippen molar-refractivity contribution < 1.29 is 19.2 Å². The second-order valence-electron chi connectivity index (χ2n) is 6.11. The fourth-order valence-electron chi connectivity index (χ4n) is 3.49. The molecule has 0 bridgehead atoms. The summed E-state index contributed by atoms with van der Waals surface area (Å²) in [4.78, 5) is 35.3. The summed E-state index contributed by atoms with van der Waals surface area (Å²) in [6, 6.07) is 5.96. The normalized spacial score (nSPS) is 20.1. The average Bonchev–Trinajstić information content (AvgIpc) is 2.60. The molecule has 1 aliphatic carbocycles. The van der Waals surface area contributed by atoms with Crippen LogP contribution in [0.3, 0.4) is 0 Å². The van der Waals surface area contributed by atoms with E-state index >= 15 is 0 Å². The molecule has 3 rings (SSSR count). The van der Waals surface area contributed by atoms with Gasteiger partial charge in [0.1, 0.15) is 0 Å². The van der Waals surface area contributed by atoms with Gasteiger partial charge in [-0.05, 0) is 25.3 Å². The van der Waals surface area contributed by atoms with E-state index in [1.165, 1.54) is 19.2 Å². The van der Waals surface area contributed by atoms with Gasteiger partial charge in [0.2, 0.25) is 0 Å². The number of Topliss-reactive ketones (excluding diaryl/α,β-unsaturated/α-hetero) is 1. The molecule has 7 heteroatoms. The van der Waals surface area contributed by atoms with Crippen molar-refractivity contribution in [3.05, 3.63) is 62.5 Å². The summed E-state index contributed by atoms with van der Waals surface area (Å²) in [6.45, 7) is 1.77. The van der Waals surface area contributed by atoms with Crippen molar-refractivity contribution in [2.24, 2.45) is 0 Å². The maximum atomic E-state index is 12.6. The van der Waals surface area contributed by atoms with Gasteiger partial charge in [-0.25, -0.2) is 4.79 Å².